The lowest BCUT2D eigenvalue weighted by molar-refractivity contribution is -0.137. The molecule has 106 valence electrons. The molecule has 1 heterocycles. The monoisotopic (exact) mass is 275 g/mol. The highest BCUT2D eigenvalue weighted by Gasteiger charge is 2.37. The molecule has 1 aliphatic rings. The fourth-order valence-corrected chi connectivity index (χ4v) is 2.53. The number of hydrogen-bond acceptors (Lipinski definition) is 1. The van der Waals surface area contributed by atoms with Gasteiger partial charge in [0.2, 0.25) is 0 Å². The van der Waals surface area contributed by atoms with Gasteiger partial charge in [0.15, 0.2) is 0 Å². The number of nitrogens with one attached hydrogen (secondary N) is 1. The Hall–Kier alpha value is -1.10. The van der Waals surface area contributed by atoms with Crippen molar-refractivity contribution >= 4 is 0 Å². The van der Waals surface area contributed by atoms with E-state index in [-0.39, 0.29) is 12.5 Å². The van der Waals surface area contributed by atoms with Gasteiger partial charge in [-0.2, -0.15) is 13.2 Å². The SMILES string of the molecule is CC1(F)CNCCC1Cc1cccc(C(F)(F)F)c1. The van der Waals surface area contributed by atoms with E-state index in [4.69, 9.17) is 0 Å². The van der Waals surface area contributed by atoms with Crippen LogP contribution in [0.25, 0.3) is 0 Å². The molecular formula is C14H17F4N. The first-order valence-corrected chi connectivity index (χ1v) is 6.35. The molecule has 0 spiro atoms. The number of rotatable bonds is 2. The minimum atomic E-state index is -4.34. The summed E-state index contributed by atoms with van der Waals surface area (Å²) in [7, 11) is 0. The highest BCUT2D eigenvalue weighted by Crippen LogP contribution is 2.33. The highest BCUT2D eigenvalue weighted by molar-refractivity contribution is 5.26. The van der Waals surface area contributed by atoms with Crippen LogP contribution in [0.15, 0.2) is 24.3 Å². The third kappa shape index (κ3) is 3.47. The van der Waals surface area contributed by atoms with Crippen LogP contribution in [0.1, 0.15) is 24.5 Å². The van der Waals surface area contributed by atoms with Gasteiger partial charge in [0, 0.05) is 6.54 Å². The quantitative estimate of drug-likeness (QED) is 0.813. The van der Waals surface area contributed by atoms with Crippen molar-refractivity contribution in [3.63, 3.8) is 0 Å². The van der Waals surface area contributed by atoms with Crippen LogP contribution in [0.4, 0.5) is 17.6 Å². The molecule has 5 heteroatoms. The zero-order valence-corrected chi connectivity index (χ0v) is 10.7. The van der Waals surface area contributed by atoms with Gasteiger partial charge in [-0.15, -0.1) is 0 Å². The van der Waals surface area contributed by atoms with Crippen LogP contribution < -0.4 is 5.32 Å². The maximum Gasteiger partial charge on any atom is 0.416 e. The van der Waals surface area contributed by atoms with E-state index in [2.05, 4.69) is 5.32 Å². The molecule has 0 amide bonds. The van der Waals surface area contributed by atoms with Crippen molar-refractivity contribution in [3.05, 3.63) is 35.4 Å². The smallest absolute Gasteiger partial charge is 0.314 e. The molecule has 0 bridgehead atoms. The number of hydrogen-bond donors (Lipinski definition) is 1. The molecule has 2 atom stereocenters. The van der Waals surface area contributed by atoms with E-state index >= 15 is 0 Å². The number of alkyl halides is 4. The van der Waals surface area contributed by atoms with Crippen LogP contribution >= 0.6 is 0 Å². The fraction of sp³-hybridized carbons (Fsp3) is 0.571. The summed E-state index contributed by atoms with van der Waals surface area (Å²) in [5.41, 5.74) is -1.49. The van der Waals surface area contributed by atoms with Crippen molar-refractivity contribution in [1.29, 1.82) is 0 Å². The first-order chi connectivity index (χ1) is 8.79. The lowest BCUT2D eigenvalue weighted by Crippen LogP contribution is -2.47. The van der Waals surface area contributed by atoms with Crippen molar-refractivity contribution in [2.45, 2.75) is 31.6 Å². The Morgan fingerprint density at radius 1 is 1.37 bits per heavy atom. The second-order valence-corrected chi connectivity index (χ2v) is 5.34. The van der Waals surface area contributed by atoms with Gasteiger partial charge in [-0.1, -0.05) is 18.2 Å². The van der Waals surface area contributed by atoms with E-state index in [0.29, 0.717) is 24.9 Å². The van der Waals surface area contributed by atoms with Gasteiger partial charge in [-0.05, 0) is 43.9 Å². The normalized spacial score (nSPS) is 28.4. The van der Waals surface area contributed by atoms with Crippen molar-refractivity contribution in [1.82, 2.24) is 5.32 Å². The summed E-state index contributed by atoms with van der Waals surface area (Å²) in [4.78, 5) is 0. The lowest BCUT2D eigenvalue weighted by Gasteiger charge is -2.35. The molecule has 1 fully saturated rings. The molecule has 0 radical (unpaired) electrons. The molecular weight excluding hydrogens is 258 g/mol. The molecule has 1 nitrogen and oxygen atoms in total. The van der Waals surface area contributed by atoms with Gasteiger partial charge in [-0.25, -0.2) is 4.39 Å². The maximum atomic E-state index is 14.3. The molecule has 0 aliphatic carbocycles. The summed E-state index contributed by atoms with van der Waals surface area (Å²) < 4.78 is 52.1. The average molecular weight is 275 g/mol. The third-order valence-corrected chi connectivity index (χ3v) is 3.73. The summed E-state index contributed by atoms with van der Waals surface area (Å²) >= 11 is 0. The Morgan fingerprint density at radius 3 is 2.74 bits per heavy atom. The first kappa shape index (κ1) is 14.3. The Kier molecular flexibility index (Phi) is 3.85. The van der Waals surface area contributed by atoms with Crippen molar-refractivity contribution in [3.8, 4) is 0 Å². The van der Waals surface area contributed by atoms with Crippen LogP contribution in [-0.4, -0.2) is 18.8 Å². The largest absolute Gasteiger partial charge is 0.416 e. The fourth-order valence-electron chi connectivity index (χ4n) is 2.53. The maximum absolute atomic E-state index is 14.3. The predicted molar refractivity (Wildman–Crippen MR) is 65.6 cm³/mol. The van der Waals surface area contributed by atoms with Crippen LogP contribution in [0.3, 0.4) is 0 Å². The Bertz CT molecular complexity index is 439. The highest BCUT2D eigenvalue weighted by atomic mass is 19.4. The van der Waals surface area contributed by atoms with E-state index in [1.807, 2.05) is 0 Å². The molecule has 1 aromatic carbocycles. The second kappa shape index (κ2) is 5.12. The minimum Gasteiger partial charge on any atom is -0.314 e. The van der Waals surface area contributed by atoms with Gasteiger partial charge in [0.05, 0.1) is 5.56 Å². The van der Waals surface area contributed by atoms with Gasteiger partial charge >= 0.3 is 6.18 Å². The zero-order chi connectivity index (χ0) is 14.1. The minimum absolute atomic E-state index is 0.239. The third-order valence-electron chi connectivity index (χ3n) is 3.73. The second-order valence-electron chi connectivity index (χ2n) is 5.34. The summed E-state index contributed by atoms with van der Waals surface area (Å²) in [6.45, 7) is 2.48. The summed E-state index contributed by atoms with van der Waals surface area (Å²) in [5.74, 6) is -0.239. The van der Waals surface area contributed by atoms with Crippen molar-refractivity contribution in [2.75, 3.05) is 13.1 Å². The van der Waals surface area contributed by atoms with E-state index in [1.165, 1.54) is 13.0 Å². The molecule has 1 aromatic rings. The molecule has 0 aromatic heterocycles. The van der Waals surface area contributed by atoms with E-state index in [1.54, 1.807) is 6.07 Å². The van der Waals surface area contributed by atoms with Crippen LogP contribution in [0.2, 0.25) is 0 Å². The van der Waals surface area contributed by atoms with Crippen LogP contribution in [0.5, 0.6) is 0 Å². The molecule has 2 unspecified atom stereocenters. The van der Waals surface area contributed by atoms with Gasteiger partial charge in [-0.3, -0.25) is 0 Å². The first-order valence-electron chi connectivity index (χ1n) is 6.35. The van der Waals surface area contributed by atoms with Crippen molar-refractivity contribution in [2.24, 2.45) is 5.92 Å². The number of halogens is 4. The predicted octanol–water partition coefficient (Wildman–Crippen LogP) is 3.59. The topological polar surface area (TPSA) is 12.0 Å². The number of benzene rings is 1. The zero-order valence-electron chi connectivity index (χ0n) is 10.7. The van der Waals surface area contributed by atoms with Gasteiger partial charge in [0.25, 0.3) is 0 Å². The van der Waals surface area contributed by atoms with E-state index in [0.717, 1.165) is 12.1 Å². The van der Waals surface area contributed by atoms with E-state index < -0.39 is 17.4 Å². The lowest BCUT2D eigenvalue weighted by atomic mass is 9.80. The van der Waals surface area contributed by atoms with Gasteiger partial charge in [0.1, 0.15) is 5.67 Å². The van der Waals surface area contributed by atoms with Crippen LogP contribution in [-0.2, 0) is 12.6 Å². The Labute approximate surface area is 110 Å². The average Bonchev–Trinajstić information content (AvgIpc) is 2.31. The summed E-state index contributed by atoms with van der Waals surface area (Å²) in [6.07, 6.45) is -3.36. The molecule has 1 N–H and O–H groups in total. The standard InChI is InChI=1S/C14H17F4N/c1-13(15)9-19-6-5-11(13)7-10-3-2-4-12(8-10)14(16,17)18/h2-4,8,11,19H,5-7,9H2,1H3. The van der Waals surface area contributed by atoms with Crippen molar-refractivity contribution < 1.29 is 17.6 Å². The Morgan fingerprint density at radius 2 is 2.11 bits per heavy atom. The molecule has 1 saturated heterocycles. The molecule has 1 aliphatic heterocycles. The molecule has 2 rings (SSSR count). The number of piperidine rings is 1. The van der Waals surface area contributed by atoms with E-state index in [9.17, 15) is 17.6 Å². The summed E-state index contributed by atoms with van der Waals surface area (Å²) in [6, 6.07) is 5.18. The van der Waals surface area contributed by atoms with Gasteiger partial charge < -0.3 is 5.32 Å². The molecule has 0 saturated carbocycles. The van der Waals surface area contributed by atoms with Crippen LogP contribution in [0, 0.1) is 5.92 Å². The molecule has 19 heavy (non-hydrogen) atoms. The summed E-state index contributed by atoms with van der Waals surface area (Å²) in [5, 5.41) is 2.97. The Balaban J connectivity index is 2.15.